The molecule has 0 spiro atoms. The standard InChI is InChI=1S/C26H28N4O2S/c1-18-11-12-22(19(2)15-18)30-24(32)20-9-5-6-10-21(20)28-25(30)33-16-23(31)29(3)26(17-27)13-7-4-8-14-26/h5-6,9-12,15H,4,7-8,13-14,16H2,1-3H3. The molecule has 0 saturated heterocycles. The molecule has 170 valence electrons. The molecule has 0 bridgehead atoms. The number of rotatable bonds is 5. The Bertz CT molecular complexity index is 1300. The third-order valence-corrected chi connectivity index (χ3v) is 7.49. The Morgan fingerprint density at radius 3 is 2.61 bits per heavy atom. The molecule has 0 unspecified atom stereocenters. The molecular weight excluding hydrogens is 432 g/mol. The van der Waals surface area contributed by atoms with E-state index in [-0.39, 0.29) is 17.2 Å². The highest BCUT2D eigenvalue weighted by Gasteiger charge is 2.38. The highest BCUT2D eigenvalue weighted by atomic mass is 32.2. The van der Waals surface area contributed by atoms with E-state index in [1.54, 1.807) is 22.6 Å². The first-order valence-corrected chi connectivity index (χ1v) is 12.2. The molecule has 7 heteroatoms. The summed E-state index contributed by atoms with van der Waals surface area (Å²) in [4.78, 5) is 33.0. The van der Waals surface area contributed by atoms with Crippen LogP contribution in [0.3, 0.4) is 0 Å². The molecule has 1 saturated carbocycles. The molecular formula is C26H28N4O2S. The molecule has 1 fully saturated rings. The maximum absolute atomic E-state index is 13.5. The molecule has 6 nitrogen and oxygen atoms in total. The summed E-state index contributed by atoms with van der Waals surface area (Å²) in [5.74, 6) is -0.0201. The van der Waals surface area contributed by atoms with Crippen molar-refractivity contribution in [1.82, 2.24) is 14.5 Å². The summed E-state index contributed by atoms with van der Waals surface area (Å²) in [6.45, 7) is 3.98. The monoisotopic (exact) mass is 460 g/mol. The largest absolute Gasteiger partial charge is 0.326 e. The van der Waals surface area contributed by atoms with Crippen LogP contribution in [0.4, 0.5) is 0 Å². The number of carbonyl (C=O) groups excluding carboxylic acids is 1. The number of aryl methyl sites for hydroxylation is 2. The number of thioether (sulfide) groups is 1. The minimum Gasteiger partial charge on any atom is -0.326 e. The highest BCUT2D eigenvalue weighted by Crippen LogP contribution is 2.33. The summed E-state index contributed by atoms with van der Waals surface area (Å²) in [7, 11) is 1.72. The van der Waals surface area contributed by atoms with Crippen LogP contribution in [-0.4, -0.2) is 38.7 Å². The van der Waals surface area contributed by atoms with E-state index in [2.05, 4.69) is 6.07 Å². The molecule has 0 radical (unpaired) electrons. The summed E-state index contributed by atoms with van der Waals surface area (Å²) in [6.07, 6.45) is 4.42. The van der Waals surface area contributed by atoms with Crippen LogP contribution in [0.1, 0.15) is 43.2 Å². The fourth-order valence-corrected chi connectivity index (χ4v) is 5.52. The lowest BCUT2D eigenvalue weighted by molar-refractivity contribution is -0.131. The summed E-state index contributed by atoms with van der Waals surface area (Å²) < 4.78 is 1.61. The summed E-state index contributed by atoms with van der Waals surface area (Å²) in [5.41, 5.74) is 2.54. The zero-order valence-electron chi connectivity index (χ0n) is 19.3. The number of aromatic nitrogens is 2. The molecule has 1 aliphatic rings. The van der Waals surface area contributed by atoms with E-state index in [9.17, 15) is 14.9 Å². The van der Waals surface area contributed by atoms with Crippen molar-refractivity contribution >= 4 is 28.6 Å². The van der Waals surface area contributed by atoms with E-state index < -0.39 is 5.54 Å². The highest BCUT2D eigenvalue weighted by molar-refractivity contribution is 7.99. The van der Waals surface area contributed by atoms with E-state index in [4.69, 9.17) is 4.98 Å². The molecule has 4 rings (SSSR count). The van der Waals surface area contributed by atoms with Crippen LogP contribution in [0.2, 0.25) is 0 Å². The molecule has 1 aromatic heterocycles. The molecule has 0 N–H and O–H groups in total. The number of hydrogen-bond acceptors (Lipinski definition) is 5. The number of benzene rings is 2. The molecule has 33 heavy (non-hydrogen) atoms. The average Bonchev–Trinajstić information content (AvgIpc) is 2.83. The average molecular weight is 461 g/mol. The van der Waals surface area contributed by atoms with Gasteiger partial charge in [0, 0.05) is 7.05 Å². The number of hydrogen-bond donors (Lipinski definition) is 0. The predicted octanol–water partition coefficient (Wildman–Crippen LogP) is 4.78. The van der Waals surface area contributed by atoms with Gasteiger partial charge in [-0.2, -0.15) is 5.26 Å². The van der Waals surface area contributed by atoms with Crippen LogP contribution in [-0.2, 0) is 4.79 Å². The van der Waals surface area contributed by atoms with Gasteiger partial charge in [0.15, 0.2) is 5.16 Å². The second-order valence-electron chi connectivity index (χ2n) is 8.79. The van der Waals surface area contributed by atoms with Crippen molar-refractivity contribution in [3.05, 3.63) is 63.9 Å². The summed E-state index contributed by atoms with van der Waals surface area (Å²) >= 11 is 1.24. The minimum absolute atomic E-state index is 0.107. The topological polar surface area (TPSA) is 79.0 Å². The van der Waals surface area contributed by atoms with Gasteiger partial charge in [-0.3, -0.25) is 14.2 Å². The lowest BCUT2D eigenvalue weighted by Gasteiger charge is -2.39. The van der Waals surface area contributed by atoms with E-state index in [0.29, 0.717) is 28.9 Å². The minimum atomic E-state index is -0.736. The van der Waals surface area contributed by atoms with Crippen molar-refractivity contribution in [2.24, 2.45) is 0 Å². The third kappa shape index (κ3) is 4.40. The van der Waals surface area contributed by atoms with Crippen molar-refractivity contribution < 1.29 is 4.79 Å². The SMILES string of the molecule is Cc1ccc(-n2c(SCC(=O)N(C)C3(C#N)CCCCC3)nc3ccccc3c2=O)c(C)c1. The lowest BCUT2D eigenvalue weighted by Crippen LogP contribution is -2.50. The molecule has 1 heterocycles. The van der Waals surface area contributed by atoms with Crippen LogP contribution in [0.5, 0.6) is 0 Å². The van der Waals surface area contributed by atoms with Crippen LogP contribution in [0.25, 0.3) is 16.6 Å². The fraction of sp³-hybridized carbons (Fsp3) is 0.385. The first-order valence-electron chi connectivity index (χ1n) is 11.3. The Kier molecular flexibility index (Phi) is 6.57. The smallest absolute Gasteiger partial charge is 0.266 e. The Labute approximate surface area is 198 Å². The van der Waals surface area contributed by atoms with Gasteiger partial charge < -0.3 is 4.90 Å². The van der Waals surface area contributed by atoms with Gasteiger partial charge in [-0.05, 0) is 50.5 Å². The third-order valence-electron chi connectivity index (χ3n) is 6.57. The van der Waals surface area contributed by atoms with Crippen molar-refractivity contribution in [2.45, 2.75) is 56.6 Å². The second-order valence-corrected chi connectivity index (χ2v) is 9.73. The van der Waals surface area contributed by atoms with Gasteiger partial charge in [-0.15, -0.1) is 0 Å². The van der Waals surface area contributed by atoms with Crippen LogP contribution in [0.15, 0.2) is 52.4 Å². The number of amides is 1. The fourth-order valence-electron chi connectivity index (χ4n) is 4.60. The number of fused-ring (bicyclic) bond motifs is 1. The van der Waals surface area contributed by atoms with Gasteiger partial charge in [-0.1, -0.05) is 60.9 Å². The Hall–Kier alpha value is -3.11. The Morgan fingerprint density at radius 2 is 1.91 bits per heavy atom. The maximum atomic E-state index is 13.5. The zero-order chi connectivity index (χ0) is 23.6. The number of para-hydroxylation sites is 1. The van der Waals surface area contributed by atoms with Crippen LogP contribution >= 0.6 is 11.8 Å². The molecule has 0 atom stereocenters. The van der Waals surface area contributed by atoms with Gasteiger partial charge in [-0.25, -0.2) is 4.98 Å². The molecule has 1 amide bonds. The molecule has 0 aliphatic heterocycles. The number of carbonyl (C=O) groups is 1. The number of nitriles is 1. The van der Waals surface area contributed by atoms with Crippen molar-refractivity contribution in [1.29, 1.82) is 5.26 Å². The lowest BCUT2D eigenvalue weighted by atomic mass is 9.81. The maximum Gasteiger partial charge on any atom is 0.266 e. The molecule has 1 aliphatic carbocycles. The van der Waals surface area contributed by atoms with E-state index in [0.717, 1.165) is 36.1 Å². The van der Waals surface area contributed by atoms with Gasteiger partial charge in [0.05, 0.1) is 28.4 Å². The van der Waals surface area contributed by atoms with Gasteiger partial charge in [0.2, 0.25) is 5.91 Å². The van der Waals surface area contributed by atoms with Crippen LogP contribution in [0, 0.1) is 25.2 Å². The van der Waals surface area contributed by atoms with E-state index in [1.165, 1.54) is 11.8 Å². The number of nitrogens with zero attached hydrogens (tertiary/aromatic N) is 4. The normalized spacial score (nSPS) is 15.2. The second kappa shape index (κ2) is 9.40. The zero-order valence-corrected chi connectivity index (χ0v) is 20.1. The predicted molar refractivity (Wildman–Crippen MR) is 132 cm³/mol. The Balaban J connectivity index is 1.71. The first-order chi connectivity index (χ1) is 15.9. The molecule has 3 aromatic rings. The van der Waals surface area contributed by atoms with E-state index in [1.807, 2.05) is 50.2 Å². The quantitative estimate of drug-likeness (QED) is 0.404. The summed E-state index contributed by atoms with van der Waals surface area (Å²) in [6, 6.07) is 15.6. The first kappa shape index (κ1) is 23.1. The van der Waals surface area contributed by atoms with Crippen LogP contribution < -0.4 is 5.56 Å². The van der Waals surface area contributed by atoms with Crippen molar-refractivity contribution in [2.75, 3.05) is 12.8 Å². The Morgan fingerprint density at radius 1 is 1.18 bits per heavy atom. The van der Waals surface area contributed by atoms with Crippen molar-refractivity contribution in [3.8, 4) is 11.8 Å². The van der Waals surface area contributed by atoms with Crippen molar-refractivity contribution in [3.63, 3.8) is 0 Å². The van der Waals surface area contributed by atoms with Gasteiger partial charge >= 0.3 is 0 Å². The summed E-state index contributed by atoms with van der Waals surface area (Å²) in [5, 5.41) is 10.9. The molecule has 2 aromatic carbocycles. The van der Waals surface area contributed by atoms with Gasteiger partial charge in [0.25, 0.3) is 5.56 Å². The van der Waals surface area contributed by atoms with E-state index >= 15 is 0 Å². The van der Waals surface area contributed by atoms with Gasteiger partial charge in [0.1, 0.15) is 5.54 Å².